The highest BCUT2D eigenvalue weighted by Crippen LogP contribution is 1.96. The van der Waals surface area contributed by atoms with Crippen molar-refractivity contribution in [1.29, 1.82) is 0 Å². The van der Waals surface area contributed by atoms with E-state index in [2.05, 4.69) is 19.6 Å². The van der Waals surface area contributed by atoms with Crippen LogP contribution in [0.1, 0.15) is 6.92 Å². The standard InChI is InChI=1S/C4H12N2OP2/c1-3(6-9-2)4(7)5-8/h3,6,9H,8H2,1-2H3,(H,5,7)/t3-/m0/s1. The average molecular weight is 166 g/mol. The molecule has 3 atom stereocenters. The van der Waals surface area contributed by atoms with Gasteiger partial charge >= 0.3 is 0 Å². The van der Waals surface area contributed by atoms with Gasteiger partial charge in [-0.05, 0) is 23.0 Å². The fourth-order valence-electron chi connectivity index (χ4n) is 0.407. The minimum absolute atomic E-state index is 0.00866. The SMILES string of the molecule is CPN[C@@H](C)C(=O)NP. The van der Waals surface area contributed by atoms with Crippen LogP contribution in [0.4, 0.5) is 0 Å². The van der Waals surface area contributed by atoms with E-state index in [4.69, 9.17) is 0 Å². The predicted octanol–water partition coefficient (Wildman–Crippen LogP) is 0.0941. The minimum atomic E-state index is -0.0779. The van der Waals surface area contributed by atoms with Crippen LogP contribution in [0.2, 0.25) is 0 Å². The highest BCUT2D eigenvalue weighted by Gasteiger charge is 2.06. The van der Waals surface area contributed by atoms with Crippen LogP contribution < -0.4 is 10.2 Å². The summed E-state index contributed by atoms with van der Waals surface area (Å²) in [5.74, 6) is 0.00866. The molecule has 0 saturated heterocycles. The lowest BCUT2D eigenvalue weighted by Gasteiger charge is -2.08. The van der Waals surface area contributed by atoms with E-state index in [0.717, 1.165) is 0 Å². The van der Waals surface area contributed by atoms with Crippen molar-refractivity contribution in [2.45, 2.75) is 13.0 Å². The molecule has 0 aromatic rings. The second kappa shape index (κ2) is 5.10. The summed E-state index contributed by atoms with van der Waals surface area (Å²) in [6.07, 6.45) is 0. The van der Waals surface area contributed by atoms with E-state index in [1.165, 1.54) is 0 Å². The zero-order valence-corrected chi connectivity index (χ0v) is 7.72. The normalized spacial score (nSPS) is 14.1. The molecule has 5 heteroatoms. The van der Waals surface area contributed by atoms with Crippen molar-refractivity contribution >= 4 is 24.0 Å². The molecule has 0 fully saturated rings. The first-order valence-corrected chi connectivity index (χ1v) is 4.72. The fourth-order valence-corrected chi connectivity index (χ4v) is 1.22. The lowest BCUT2D eigenvalue weighted by Crippen LogP contribution is -2.34. The lowest BCUT2D eigenvalue weighted by atomic mass is 10.4. The van der Waals surface area contributed by atoms with Crippen molar-refractivity contribution in [2.75, 3.05) is 6.66 Å². The molecule has 0 aliphatic carbocycles. The van der Waals surface area contributed by atoms with Crippen molar-refractivity contribution in [3.63, 3.8) is 0 Å². The van der Waals surface area contributed by atoms with Gasteiger partial charge in [-0.1, -0.05) is 8.73 Å². The Bertz CT molecular complexity index is 98.6. The Morgan fingerprint density at radius 3 is 2.67 bits per heavy atom. The van der Waals surface area contributed by atoms with Crippen LogP contribution in [-0.4, -0.2) is 18.6 Å². The number of rotatable bonds is 3. The van der Waals surface area contributed by atoms with Gasteiger partial charge < -0.3 is 5.09 Å². The van der Waals surface area contributed by atoms with E-state index >= 15 is 0 Å². The van der Waals surface area contributed by atoms with Crippen LogP contribution in [0.15, 0.2) is 0 Å². The number of amides is 1. The maximum atomic E-state index is 10.7. The van der Waals surface area contributed by atoms with Gasteiger partial charge in [-0.3, -0.25) is 9.88 Å². The Kier molecular flexibility index (Phi) is 5.27. The van der Waals surface area contributed by atoms with Crippen LogP contribution in [0.25, 0.3) is 0 Å². The zero-order chi connectivity index (χ0) is 7.28. The van der Waals surface area contributed by atoms with Crippen LogP contribution >= 0.6 is 18.1 Å². The van der Waals surface area contributed by atoms with Crippen molar-refractivity contribution < 1.29 is 4.79 Å². The topological polar surface area (TPSA) is 41.1 Å². The molecule has 0 heterocycles. The Morgan fingerprint density at radius 2 is 2.33 bits per heavy atom. The molecular formula is C4H12N2OP2. The molecule has 0 saturated carbocycles. The molecule has 1 amide bonds. The molecule has 0 bridgehead atoms. The average Bonchev–Trinajstić information content (AvgIpc) is 1.87. The molecule has 2 N–H and O–H groups in total. The fraction of sp³-hybridized carbons (Fsp3) is 0.750. The Morgan fingerprint density at radius 1 is 1.78 bits per heavy atom. The van der Waals surface area contributed by atoms with E-state index in [0.29, 0.717) is 8.73 Å². The summed E-state index contributed by atoms with van der Waals surface area (Å²) < 4.78 is 0. The summed E-state index contributed by atoms with van der Waals surface area (Å²) in [6, 6.07) is -0.0779. The van der Waals surface area contributed by atoms with E-state index in [1.54, 1.807) is 0 Å². The Labute approximate surface area is 59.5 Å². The molecular weight excluding hydrogens is 154 g/mol. The molecule has 2 unspecified atom stereocenters. The first kappa shape index (κ1) is 9.29. The summed E-state index contributed by atoms with van der Waals surface area (Å²) in [5, 5.41) is 5.47. The van der Waals surface area contributed by atoms with Gasteiger partial charge in [0, 0.05) is 0 Å². The minimum Gasteiger partial charge on any atom is -0.339 e. The molecule has 54 valence electrons. The molecule has 9 heavy (non-hydrogen) atoms. The second-order valence-electron chi connectivity index (χ2n) is 1.62. The molecule has 0 aliphatic heterocycles. The third-order valence-electron chi connectivity index (χ3n) is 0.896. The zero-order valence-electron chi connectivity index (χ0n) is 5.56. The van der Waals surface area contributed by atoms with Gasteiger partial charge in [0.05, 0.1) is 6.04 Å². The van der Waals surface area contributed by atoms with Crippen LogP contribution in [0.5, 0.6) is 0 Å². The Hall–Kier alpha value is 0.290. The Balaban J connectivity index is 3.45. The highest BCUT2D eigenvalue weighted by molar-refractivity contribution is 7.34. The van der Waals surface area contributed by atoms with Crippen molar-refractivity contribution in [1.82, 2.24) is 10.2 Å². The van der Waals surface area contributed by atoms with Crippen LogP contribution in [0.3, 0.4) is 0 Å². The van der Waals surface area contributed by atoms with Gasteiger partial charge in [-0.15, -0.1) is 0 Å². The van der Waals surface area contributed by atoms with Crippen molar-refractivity contribution in [2.24, 2.45) is 0 Å². The van der Waals surface area contributed by atoms with Crippen molar-refractivity contribution in [3.05, 3.63) is 0 Å². The van der Waals surface area contributed by atoms with Gasteiger partial charge in [-0.2, -0.15) is 0 Å². The summed E-state index contributed by atoms with van der Waals surface area (Å²) in [5.41, 5.74) is 0. The monoisotopic (exact) mass is 166 g/mol. The molecule has 3 nitrogen and oxygen atoms in total. The number of nitrogens with one attached hydrogen (secondary N) is 2. The second-order valence-corrected chi connectivity index (χ2v) is 2.70. The molecule has 0 aromatic carbocycles. The molecule has 0 aliphatic rings. The number of carbonyl (C=O) groups excluding carboxylic acids is 1. The van der Waals surface area contributed by atoms with Gasteiger partial charge in [0.2, 0.25) is 5.91 Å². The summed E-state index contributed by atoms with van der Waals surface area (Å²) >= 11 is 0. The van der Waals surface area contributed by atoms with E-state index in [1.807, 2.05) is 13.6 Å². The van der Waals surface area contributed by atoms with E-state index in [-0.39, 0.29) is 11.9 Å². The maximum Gasteiger partial charge on any atom is 0.239 e. The quantitative estimate of drug-likeness (QED) is 0.583. The third kappa shape index (κ3) is 3.80. The van der Waals surface area contributed by atoms with E-state index in [9.17, 15) is 4.79 Å². The number of hydrogen-bond acceptors (Lipinski definition) is 2. The lowest BCUT2D eigenvalue weighted by molar-refractivity contribution is -0.120. The maximum absolute atomic E-state index is 10.7. The highest BCUT2D eigenvalue weighted by atomic mass is 31.1. The molecule has 0 rings (SSSR count). The van der Waals surface area contributed by atoms with Gasteiger partial charge in [-0.25, -0.2) is 0 Å². The third-order valence-corrected chi connectivity index (χ3v) is 1.90. The number of carbonyl (C=O) groups is 1. The molecule has 0 spiro atoms. The predicted molar refractivity (Wildman–Crippen MR) is 44.7 cm³/mol. The summed E-state index contributed by atoms with van der Waals surface area (Å²) in [7, 11) is 2.79. The van der Waals surface area contributed by atoms with Crippen LogP contribution in [0, 0.1) is 0 Å². The summed E-state index contributed by atoms with van der Waals surface area (Å²) in [6.45, 7) is 3.82. The number of hydrogen-bond donors (Lipinski definition) is 2. The smallest absolute Gasteiger partial charge is 0.239 e. The van der Waals surface area contributed by atoms with Gasteiger partial charge in [0.25, 0.3) is 0 Å². The molecule has 0 radical (unpaired) electrons. The first-order valence-electron chi connectivity index (χ1n) is 2.65. The summed E-state index contributed by atoms with van der Waals surface area (Å²) in [4.78, 5) is 10.7. The molecule has 0 aromatic heterocycles. The van der Waals surface area contributed by atoms with Gasteiger partial charge in [0.15, 0.2) is 0 Å². The van der Waals surface area contributed by atoms with E-state index < -0.39 is 0 Å². The van der Waals surface area contributed by atoms with Gasteiger partial charge in [0.1, 0.15) is 0 Å². The van der Waals surface area contributed by atoms with Crippen molar-refractivity contribution in [3.8, 4) is 0 Å². The van der Waals surface area contributed by atoms with Crippen LogP contribution in [-0.2, 0) is 4.79 Å². The first-order chi connectivity index (χ1) is 4.22. The largest absolute Gasteiger partial charge is 0.339 e.